The maximum absolute atomic E-state index is 8.99. The van der Waals surface area contributed by atoms with Gasteiger partial charge in [0.15, 0.2) is 0 Å². The minimum Gasteiger partial charge on any atom is -0.492 e. The third-order valence-corrected chi connectivity index (χ3v) is 1.44. The highest BCUT2D eigenvalue weighted by atomic mass is 16.3. The Balaban J connectivity index is 3.13. The SMILES string of the molecule is CC(C)(C)n1cc(O)nc1N. The number of imidazole rings is 1. The quantitative estimate of drug-likeness (QED) is 0.585. The monoisotopic (exact) mass is 155 g/mol. The zero-order valence-corrected chi connectivity index (χ0v) is 7.00. The molecule has 0 bridgehead atoms. The molecule has 0 spiro atoms. The number of hydrogen-bond acceptors (Lipinski definition) is 3. The molecule has 0 fully saturated rings. The highest BCUT2D eigenvalue weighted by molar-refractivity contribution is 5.26. The molecular formula is C7H13N3O. The Labute approximate surface area is 65.7 Å². The number of aromatic hydroxyl groups is 1. The van der Waals surface area contributed by atoms with Crippen molar-refractivity contribution in [2.45, 2.75) is 26.3 Å². The molecule has 0 aliphatic carbocycles. The molecule has 0 radical (unpaired) electrons. The highest BCUT2D eigenvalue weighted by Gasteiger charge is 2.16. The second-order valence-electron chi connectivity index (χ2n) is 3.50. The van der Waals surface area contributed by atoms with Gasteiger partial charge in [-0.15, -0.1) is 0 Å². The summed E-state index contributed by atoms with van der Waals surface area (Å²) >= 11 is 0. The molecule has 0 saturated heterocycles. The van der Waals surface area contributed by atoms with E-state index in [9.17, 15) is 0 Å². The van der Waals surface area contributed by atoms with Gasteiger partial charge in [0.25, 0.3) is 0 Å². The van der Waals surface area contributed by atoms with Crippen LogP contribution in [-0.4, -0.2) is 14.7 Å². The van der Waals surface area contributed by atoms with Crippen LogP contribution in [0.1, 0.15) is 20.8 Å². The predicted molar refractivity (Wildman–Crippen MR) is 43.3 cm³/mol. The maximum atomic E-state index is 8.99. The Morgan fingerprint density at radius 2 is 2.09 bits per heavy atom. The number of rotatable bonds is 0. The molecular weight excluding hydrogens is 142 g/mol. The number of aromatic nitrogens is 2. The molecule has 0 aliphatic rings. The fourth-order valence-electron chi connectivity index (χ4n) is 0.919. The highest BCUT2D eigenvalue weighted by Crippen LogP contribution is 2.21. The van der Waals surface area contributed by atoms with E-state index in [2.05, 4.69) is 4.98 Å². The molecule has 1 rings (SSSR count). The first-order valence-corrected chi connectivity index (χ1v) is 3.45. The lowest BCUT2D eigenvalue weighted by Crippen LogP contribution is -2.22. The number of hydrogen-bond donors (Lipinski definition) is 2. The van der Waals surface area contributed by atoms with Crippen LogP contribution in [0.3, 0.4) is 0 Å². The van der Waals surface area contributed by atoms with Crippen LogP contribution in [0, 0.1) is 0 Å². The third-order valence-electron chi connectivity index (χ3n) is 1.44. The lowest BCUT2D eigenvalue weighted by Gasteiger charge is -2.21. The van der Waals surface area contributed by atoms with Crippen molar-refractivity contribution in [2.75, 3.05) is 5.73 Å². The van der Waals surface area contributed by atoms with E-state index in [1.165, 1.54) is 6.20 Å². The van der Waals surface area contributed by atoms with Crippen molar-refractivity contribution in [3.63, 3.8) is 0 Å². The summed E-state index contributed by atoms with van der Waals surface area (Å²) in [5, 5.41) is 8.99. The van der Waals surface area contributed by atoms with Gasteiger partial charge in [0.2, 0.25) is 11.8 Å². The molecule has 0 unspecified atom stereocenters. The largest absolute Gasteiger partial charge is 0.492 e. The summed E-state index contributed by atoms with van der Waals surface area (Å²) < 4.78 is 1.72. The fraction of sp³-hybridized carbons (Fsp3) is 0.571. The minimum absolute atomic E-state index is 0.0302. The third kappa shape index (κ3) is 1.45. The van der Waals surface area contributed by atoms with Gasteiger partial charge in [0.1, 0.15) is 0 Å². The molecule has 11 heavy (non-hydrogen) atoms. The fourth-order valence-corrected chi connectivity index (χ4v) is 0.919. The Morgan fingerprint density at radius 1 is 1.55 bits per heavy atom. The van der Waals surface area contributed by atoms with Gasteiger partial charge in [-0.1, -0.05) is 0 Å². The number of nitrogens with two attached hydrogens (primary N) is 1. The molecule has 0 amide bonds. The molecule has 0 aliphatic heterocycles. The number of nitrogens with zero attached hydrogens (tertiary/aromatic N) is 2. The minimum atomic E-state index is -0.127. The van der Waals surface area contributed by atoms with E-state index in [1.54, 1.807) is 4.57 Å². The molecule has 62 valence electrons. The van der Waals surface area contributed by atoms with Crippen LogP contribution in [0.15, 0.2) is 6.20 Å². The molecule has 3 N–H and O–H groups in total. The van der Waals surface area contributed by atoms with Gasteiger partial charge in [-0.3, -0.25) is 0 Å². The molecule has 4 nitrogen and oxygen atoms in total. The van der Waals surface area contributed by atoms with Crippen molar-refractivity contribution in [2.24, 2.45) is 0 Å². The maximum Gasteiger partial charge on any atom is 0.231 e. The van der Waals surface area contributed by atoms with E-state index < -0.39 is 0 Å². The molecule has 4 heteroatoms. The second kappa shape index (κ2) is 2.15. The zero-order chi connectivity index (χ0) is 8.65. The normalized spacial score (nSPS) is 11.9. The van der Waals surface area contributed by atoms with E-state index in [4.69, 9.17) is 10.8 Å². The summed E-state index contributed by atoms with van der Waals surface area (Å²) in [6.45, 7) is 5.97. The van der Waals surface area contributed by atoms with Gasteiger partial charge < -0.3 is 15.4 Å². The van der Waals surface area contributed by atoms with E-state index in [0.717, 1.165) is 0 Å². The summed E-state index contributed by atoms with van der Waals surface area (Å²) in [5.74, 6) is 0.312. The number of nitrogen functional groups attached to an aromatic ring is 1. The Kier molecular flexibility index (Phi) is 1.55. The average molecular weight is 155 g/mol. The van der Waals surface area contributed by atoms with Crippen LogP contribution in [0.25, 0.3) is 0 Å². The van der Waals surface area contributed by atoms with E-state index in [-0.39, 0.29) is 11.4 Å². The van der Waals surface area contributed by atoms with E-state index in [0.29, 0.717) is 5.95 Å². The van der Waals surface area contributed by atoms with Gasteiger partial charge in [0.05, 0.1) is 6.20 Å². The smallest absolute Gasteiger partial charge is 0.231 e. The van der Waals surface area contributed by atoms with Gasteiger partial charge in [-0.2, -0.15) is 4.98 Å². The lowest BCUT2D eigenvalue weighted by molar-refractivity contribution is 0.396. The van der Waals surface area contributed by atoms with Crippen molar-refractivity contribution >= 4 is 5.95 Å². The van der Waals surface area contributed by atoms with Crippen LogP contribution in [0.4, 0.5) is 5.95 Å². The summed E-state index contributed by atoms with van der Waals surface area (Å²) in [6, 6.07) is 0. The van der Waals surface area contributed by atoms with Crippen molar-refractivity contribution in [3.05, 3.63) is 6.20 Å². The second-order valence-corrected chi connectivity index (χ2v) is 3.50. The first-order chi connectivity index (χ1) is 4.91. The van der Waals surface area contributed by atoms with Crippen molar-refractivity contribution < 1.29 is 5.11 Å². The zero-order valence-electron chi connectivity index (χ0n) is 7.00. The van der Waals surface area contributed by atoms with Crippen LogP contribution in [0.5, 0.6) is 5.88 Å². The van der Waals surface area contributed by atoms with Crippen molar-refractivity contribution in [1.29, 1.82) is 0 Å². The first kappa shape index (κ1) is 7.91. The van der Waals surface area contributed by atoms with Gasteiger partial charge in [-0.05, 0) is 20.8 Å². The van der Waals surface area contributed by atoms with Crippen LogP contribution >= 0.6 is 0 Å². The summed E-state index contributed by atoms with van der Waals surface area (Å²) in [7, 11) is 0. The lowest BCUT2D eigenvalue weighted by atomic mass is 10.1. The van der Waals surface area contributed by atoms with Crippen LogP contribution in [0.2, 0.25) is 0 Å². The Morgan fingerprint density at radius 3 is 2.27 bits per heavy atom. The average Bonchev–Trinajstić information content (AvgIpc) is 2.08. The summed E-state index contributed by atoms with van der Waals surface area (Å²) in [4.78, 5) is 3.67. The first-order valence-electron chi connectivity index (χ1n) is 3.45. The Hall–Kier alpha value is -1.19. The molecule has 0 aromatic carbocycles. The van der Waals surface area contributed by atoms with Crippen LogP contribution in [-0.2, 0) is 5.54 Å². The topological polar surface area (TPSA) is 64.1 Å². The Bertz CT molecular complexity index is 259. The molecule has 1 heterocycles. The number of anilines is 1. The molecule has 1 aromatic rings. The molecule has 0 saturated carbocycles. The van der Waals surface area contributed by atoms with E-state index in [1.807, 2.05) is 20.8 Å². The predicted octanol–water partition coefficient (Wildman–Crippen LogP) is 0.926. The van der Waals surface area contributed by atoms with Gasteiger partial charge in [-0.25, -0.2) is 0 Å². The standard InChI is InChI=1S/C7H13N3O/c1-7(2,3)10-4-5(11)9-6(10)8/h4,11H,1-3H3,(H2,8,9). The molecule has 0 atom stereocenters. The van der Waals surface area contributed by atoms with Crippen molar-refractivity contribution in [3.8, 4) is 5.88 Å². The summed E-state index contributed by atoms with van der Waals surface area (Å²) in [6.07, 6.45) is 1.52. The summed E-state index contributed by atoms with van der Waals surface area (Å²) in [5.41, 5.74) is 5.39. The van der Waals surface area contributed by atoms with Crippen molar-refractivity contribution in [1.82, 2.24) is 9.55 Å². The van der Waals surface area contributed by atoms with E-state index >= 15 is 0 Å². The van der Waals surface area contributed by atoms with Gasteiger partial charge >= 0.3 is 0 Å². The van der Waals surface area contributed by atoms with Crippen LogP contribution < -0.4 is 5.73 Å². The molecule has 1 aromatic heterocycles. The van der Waals surface area contributed by atoms with Gasteiger partial charge in [0, 0.05) is 5.54 Å².